The number of halogens is 1. The first-order chi connectivity index (χ1) is 7.83. The van der Waals surface area contributed by atoms with E-state index in [2.05, 4.69) is 12.2 Å². The van der Waals surface area contributed by atoms with Crippen molar-refractivity contribution in [2.75, 3.05) is 13.2 Å². The summed E-state index contributed by atoms with van der Waals surface area (Å²) in [7, 11) is 0. The highest BCUT2D eigenvalue weighted by molar-refractivity contribution is 5.38. The Bertz CT molecular complexity index is 354. The van der Waals surface area contributed by atoms with Crippen LogP contribution >= 0.6 is 0 Å². The van der Waals surface area contributed by atoms with Gasteiger partial charge in [-0.25, -0.2) is 4.39 Å². The number of fused-ring (bicyclic) bond motifs is 1. The zero-order valence-electron chi connectivity index (χ0n) is 9.63. The van der Waals surface area contributed by atoms with Gasteiger partial charge in [-0.05, 0) is 31.9 Å². The molecule has 1 heterocycles. The Morgan fingerprint density at radius 1 is 1.50 bits per heavy atom. The number of hydrogen-bond acceptors (Lipinski definition) is 2. The van der Waals surface area contributed by atoms with Crippen molar-refractivity contribution in [1.29, 1.82) is 0 Å². The highest BCUT2D eigenvalue weighted by Gasteiger charge is 2.21. The second-order valence-electron chi connectivity index (χ2n) is 4.16. The van der Waals surface area contributed by atoms with E-state index in [1.807, 2.05) is 6.07 Å². The van der Waals surface area contributed by atoms with E-state index in [-0.39, 0.29) is 11.9 Å². The lowest BCUT2D eigenvalue weighted by molar-refractivity contribution is 0.300. The van der Waals surface area contributed by atoms with E-state index in [1.54, 1.807) is 6.07 Å². The van der Waals surface area contributed by atoms with Crippen molar-refractivity contribution in [1.82, 2.24) is 5.32 Å². The van der Waals surface area contributed by atoms with Crippen molar-refractivity contribution in [3.8, 4) is 5.75 Å². The monoisotopic (exact) mass is 223 g/mol. The first-order valence-electron chi connectivity index (χ1n) is 5.97. The van der Waals surface area contributed by atoms with Gasteiger partial charge >= 0.3 is 0 Å². The van der Waals surface area contributed by atoms with E-state index in [4.69, 9.17) is 4.74 Å². The quantitative estimate of drug-likeness (QED) is 0.850. The Labute approximate surface area is 95.8 Å². The highest BCUT2D eigenvalue weighted by Crippen LogP contribution is 2.33. The van der Waals surface area contributed by atoms with Crippen molar-refractivity contribution in [3.63, 3.8) is 0 Å². The fourth-order valence-electron chi connectivity index (χ4n) is 2.10. The lowest BCUT2D eigenvalue weighted by Gasteiger charge is -2.18. The van der Waals surface area contributed by atoms with Crippen LogP contribution in [0.15, 0.2) is 18.2 Å². The van der Waals surface area contributed by atoms with Crippen LogP contribution in [0, 0.1) is 5.82 Å². The number of rotatable bonds is 3. The summed E-state index contributed by atoms with van der Waals surface area (Å²) in [5, 5.41) is 3.45. The molecule has 2 rings (SSSR count). The van der Waals surface area contributed by atoms with Crippen molar-refractivity contribution >= 4 is 0 Å². The first-order valence-corrected chi connectivity index (χ1v) is 5.97. The van der Waals surface area contributed by atoms with E-state index in [0.717, 1.165) is 31.4 Å². The van der Waals surface area contributed by atoms with E-state index in [9.17, 15) is 4.39 Å². The van der Waals surface area contributed by atoms with Gasteiger partial charge in [0.2, 0.25) is 0 Å². The molecule has 0 saturated carbocycles. The van der Waals surface area contributed by atoms with Crippen LogP contribution < -0.4 is 10.1 Å². The topological polar surface area (TPSA) is 21.3 Å². The first kappa shape index (κ1) is 11.4. The molecule has 1 aromatic carbocycles. The summed E-state index contributed by atoms with van der Waals surface area (Å²) in [6.45, 7) is 3.70. The summed E-state index contributed by atoms with van der Waals surface area (Å²) in [4.78, 5) is 0. The minimum absolute atomic E-state index is 0.230. The molecule has 3 heteroatoms. The molecule has 1 aromatic rings. The van der Waals surface area contributed by atoms with Gasteiger partial charge in [0.25, 0.3) is 0 Å². The summed E-state index contributed by atoms with van der Waals surface area (Å²) in [6.07, 6.45) is 3.06. The van der Waals surface area contributed by atoms with Gasteiger partial charge in [-0.15, -0.1) is 0 Å². The van der Waals surface area contributed by atoms with Crippen LogP contribution in [0.3, 0.4) is 0 Å². The zero-order valence-corrected chi connectivity index (χ0v) is 9.63. The summed E-state index contributed by atoms with van der Waals surface area (Å²) in [5.41, 5.74) is 0.964. The fraction of sp³-hybridized carbons (Fsp3) is 0.538. The highest BCUT2D eigenvalue weighted by atomic mass is 19.1. The third-order valence-corrected chi connectivity index (χ3v) is 2.90. The zero-order chi connectivity index (χ0) is 11.4. The average molecular weight is 223 g/mol. The van der Waals surface area contributed by atoms with Gasteiger partial charge in [-0.3, -0.25) is 0 Å². The number of hydrogen-bond donors (Lipinski definition) is 1. The molecule has 1 atom stereocenters. The third-order valence-electron chi connectivity index (χ3n) is 2.90. The molecule has 1 N–H and O–H groups in total. The SMILES string of the molecule is CCCNC1CCCOc2c(F)cccc21. The minimum Gasteiger partial charge on any atom is -0.490 e. The molecule has 0 fully saturated rings. The number of nitrogens with one attached hydrogen (secondary N) is 1. The summed E-state index contributed by atoms with van der Waals surface area (Å²) < 4.78 is 19.1. The van der Waals surface area contributed by atoms with Crippen molar-refractivity contribution in [2.24, 2.45) is 0 Å². The second kappa shape index (κ2) is 5.30. The van der Waals surface area contributed by atoms with Crippen molar-refractivity contribution < 1.29 is 9.13 Å². The van der Waals surface area contributed by atoms with Crippen molar-refractivity contribution in [2.45, 2.75) is 32.2 Å². The Kier molecular flexibility index (Phi) is 3.78. The fourth-order valence-corrected chi connectivity index (χ4v) is 2.10. The number of ether oxygens (including phenoxy) is 1. The molecule has 88 valence electrons. The minimum atomic E-state index is -0.248. The summed E-state index contributed by atoms with van der Waals surface area (Å²) in [6, 6.07) is 5.40. The Morgan fingerprint density at radius 3 is 3.19 bits per heavy atom. The Balaban J connectivity index is 2.26. The molecular weight excluding hydrogens is 205 g/mol. The molecule has 1 unspecified atom stereocenters. The molecule has 0 saturated heterocycles. The molecule has 0 bridgehead atoms. The molecule has 0 amide bonds. The van der Waals surface area contributed by atoms with Gasteiger partial charge in [0.15, 0.2) is 11.6 Å². The lowest BCUT2D eigenvalue weighted by Crippen LogP contribution is -2.21. The van der Waals surface area contributed by atoms with Gasteiger partial charge in [-0.1, -0.05) is 19.1 Å². The Hall–Kier alpha value is -1.09. The molecule has 16 heavy (non-hydrogen) atoms. The van der Waals surface area contributed by atoms with E-state index >= 15 is 0 Å². The molecule has 0 aliphatic carbocycles. The lowest BCUT2D eigenvalue weighted by atomic mass is 10.0. The van der Waals surface area contributed by atoms with E-state index in [0.29, 0.717) is 12.4 Å². The average Bonchev–Trinajstić information content (AvgIpc) is 2.50. The van der Waals surface area contributed by atoms with Gasteiger partial charge in [0.05, 0.1) is 6.61 Å². The smallest absolute Gasteiger partial charge is 0.165 e. The molecule has 0 spiro atoms. The number of benzene rings is 1. The van der Waals surface area contributed by atoms with Crippen LogP contribution in [0.2, 0.25) is 0 Å². The van der Waals surface area contributed by atoms with Gasteiger partial charge in [0.1, 0.15) is 0 Å². The largest absolute Gasteiger partial charge is 0.490 e. The van der Waals surface area contributed by atoms with Crippen LogP contribution in [-0.2, 0) is 0 Å². The van der Waals surface area contributed by atoms with Crippen LogP contribution in [0.5, 0.6) is 5.75 Å². The molecule has 0 aromatic heterocycles. The van der Waals surface area contributed by atoms with E-state index < -0.39 is 0 Å². The molecule has 1 aliphatic heterocycles. The van der Waals surface area contributed by atoms with E-state index in [1.165, 1.54) is 6.07 Å². The van der Waals surface area contributed by atoms with Gasteiger partial charge in [-0.2, -0.15) is 0 Å². The maximum Gasteiger partial charge on any atom is 0.165 e. The summed E-state index contributed by atoms with van der Waals surface area (Å²) in [5.74, 6) is 0.191. The van der Waals surface area contributed by atoms with Crippen LogP contribution in [-0.4, -0.2) is 13.2 Å². The second-order valence-corrected chi connectivity index (χ2v) is 4.16. The Morgan fingerprint density at radius 2 is 2.38 bits per heavy atom. The molecule has 0 radical (unpaired) electrons. The maximum absolute atomic E-state index is 13.6. The molecule has 1 aliphatic rings. The predicted molar refractivity (Wildman–Crippen MR) is 62.2 cm³/mol. The normalized spacial score (nSPS) is 19.8. The van der Waals surface area contributed by atoms with Crippen LogP contribution in [0.1, 0.15) is 37.8 Å². The third kappa shape index (κ3) is 2.35. The maximum atomic E-state index is 13.6. The predicted octanol–water partition coefficient (Wildman–Crippen LogP) is 3.04. The van der Waals surface area contributed by atoms with Crippen molar-refractivity contribution in [3.05, 3.63) is 29.6 Å². The molecular formula is C13H18FNO. The molecule has 2 nitrogen and oxygen atoms in total. The number of para-hydroxylation sites is 1. The standard InChI is InChI=1S/C13H18FNO/c1-2-8-15-12-7-4-9-16-13-10(12)5-3-6-11(13)14/h3,5-6,12,15H,2,4,7-9H2,1H3. The summed E-state index contributed by atoms with van der Waals surface area (Å²) >= 11 is 0. The van der Waals surface area contributed by atoms with Crippen LogP contribution in [0.4, 0.5) is 4.39 Å². The van der Waals surface area contributed by atoms with Crippen LogP contribution in [0.25, 0.3) is 0 Å². The van der Waals surface area contributed by atoms with Gasteiger partial charge < -0.3 is 10.1 Å². The van der Waals surface area contributed by atoms with Gasteiger partial charge in [0, 0.05) is 11.6 Å².